The molecule has 7 aliphatic rings. The molecule has 0 aromatic carbocycles. The first-order valence-corrected chi connectivity index (χ1v) is 13.0. The molecule has 0 aromatic heterocycles. The largest absolute Gasteiger partial charge is 0.455 e. The average molecular weight is 511 g/mol. The predicted molar refractivity (Wildman–Crippen MR) is 124 cm³/mol. The van der Waals surface area contributed by atoms with Crippen LogP contribution in [0.1, 0.15) is 52.9 Å². The molecule has 4 aliphatic heterocycles. The maximum absolute atomic E-state index is 14.5. The van der Waals surface area contributed by atoms with Crippen molar-refractivity contribution < 1.29 is 43.6 Å². The first-order chi connectivity index (χ1) is 17.2. The van der Waals surface area contributed by atoms with Crippen molar-refractivity contribution in [1.29, 1.82) is 0 Å². The molecule has 4 saturated heterocycles. The van der Waals surface area contributed by atoms with Crippen molar-refractivity contribution in [3.8, 4) is 0 Å². The van der Waals surface area contributed by atoms with Gasteiger partial charge in [0.05, 0.1) is 11.3 Å². The smallest absolute Gasteiger partial charge is 0.342 e. The van der Waals surface area contributed by atoms with Crippen LogP contribution in [0.25, 0.3) is 0 Å². The summed E-state index contributed by atoms with van der Waals surface area (Å²) < 4.78 is 18.0. The van der Waals surface area contributed by atoms with E-state index >= 15 is 0 Å². The number of fused-ring (bicyclic) bond motifs is 9. The third kappa shape index (κ3) is 2.12. The Morgan fingerprint density at radius 1 is 1.08 bits per heavy atom. The van der Waals surface area contributed by atoms with Gasteiger partial charge in [0, 0.05) is 16.9 Å². The summed E-state index contributed by atoms with van der Waals surface area (Å²) in [6, 6.07) is 0. The van der Waals surface area contributed by atoms with Crippen molar-refractivity contribution in [3.63, 3.8) is 0 Å². The minimum atomic E-state index is -2.44. The zero-order valence-electron chi connectivity index (χ0n) is 21.0. The Morgan fingerprint density at radius 2 is 1.81 bits per heavy atom. The molecule has 37 heavy (non-hydrogen) atoms. The SMILES string of the molecule is C=C1C(=O)O[C@@H]2C[C@@]1(C)[C@@H]1C(=O)[C@@]3(O)O[C@@]14[C@@](O)(CC[C@H]1[C@H]3CC=C3CC=CC(=O)[C@@]31C)C(=O)O[C@@]24C. The second kappa shape index (κ2) is 6.33. The quantitative estimate of drug-likeness (QED) is 0.282. The molecule has 0 amide bonds. The lowest BCUT2D eigenvalue weighted by molar-refractivity contribution is -0.339. The van der Waals surface area contributed by atoms with E-state index in [1.54, 1.807) is 19.9 Å². The van der Waals surface area contributed by atoms with Gasteiger partial charge in [0.2, 0.25) is 5.79 Å². The van der Waals surface area contributed by atoms with Gasteiger partial charge in [0.15, 0.2) is 28.4 Å². The maximum atomic E-state index is 14.5. The first-order valence-electron chi connectivity index (χ1n) is 13.0. The Balaban J connectivity index is 1.50. The van der Waals surface area contributed by atoms with Crippen LogP contribution in [0, 0.1) is 28.6 Å². The van der Waals surface area contributed by atoms with Gasteiger partial charge in [-0.3, -0.25) is 9.59 Å². The van der Waals surface area contributed by atoms with Gasteiger partial charge in [0.1, 0.15) is 6.10 Å². The summed E-state index contributed by atoms with van der Waals surface area (Å²) in [6.45, 7) is 8.91. The molecule has 196 valence electrons. The maximum Gasteiger partial charge on any atom is 0.342 e. The summed E-state index contributed by atoms with van der Waals surface area (Å²) in [5, 5.41) is 24.6. The van der Waals surface area contributed by atoms with Crippen molar-refractivity contribution in [2.24, 2.45) is 28.6 Å². The third-order valence-corrected chi connectivity index (χ3v) is 11.3. The first kappa shape index (κ1) is 23.5. The number of carbonyl (C=O) groups excluding carboxylic acids is 4. The molecule has 1 spiro atoms. The highest BCUT2D eigenvalue weighted by atomic mass is 16.7. The highest BCUT2D eigenvalue weighted by Crippen LogP contribution is 2.73. The zero-order chi connectivity index (χ0) is 26.6. The van der Waals surface area contributed by atoms with Crippen LogP contribution in [0.2, 0.25) is 0 Å². The van der Waals surface area contributed by atoms with Crippen molar-refractivity contribution in [1.82, 2.24) is 0 Å². The van der Waals surface area contributed by atoms with Crippen LogP contribution in [0.5, 0.6) is 0 Å². The number of aliphatic hydroxyl groups is 2. The second-order valence-corrected chi connectivity index (χ2v) is 12.6. The van der Waals surface area contributed by atoms with Crippen molar-refractivity contribution in [3.05, 3.63) is 36.0 Å². The molecule has 4 heterocycles. The van der Waals surface area contributed by atoms with Gasteiger partial charge >= 0.3 is 11.9 Å². The van der Waals surface area contributed by atoms with E-state index < -0.39 is 75.0 Å². The Kier molecular flexibility index (Phi) is 4.02. The number of hydrogen-bond donors (Lipinski definition) is 2. The zero-order valence-corrected chi connectivity index (χ0v) is 21.0. The molecule has 2 N–H and O–H groups in total. The van der Waals surface area contributed by atoms with Crippen LogP contribution in [-0.4, -0.2) is 62.4 Å². The number of ether oxygens (including phenoxy) is 3. The fourth-order valence-electron chi connectivity index (χ4n) is 9.22. The Hall–Kier alpha value is -2.62. The fraction of sp³-hybridized carbons (Fsp3) is 0.643. The number of hydrogen-bond acceptors (Lipinski definition) is 9. The van der Waals surface area contributed by atoms with Crippen LogP contribution in [0.4, 0.5) is 0 Å². The lowest BCUT2D eigenvalue weighted by Gasteiger charge is -2.60. The molecule has 3 aliphatic carbocycles. The number of carbonyl (C=O) groups is 4. The molecule has 0 aromatic rings. The van der Waals surface area contributed by atoms with E-state index in [0.29, 0.717) is 6.42 Å². The van der Waals surface area contributed by atoms with Gasteiger partial charge in [0.25, 0.3) is 0 Å². The average Bonchev–Trinajstić information content (AvgIpc) is 3.19. The molecule has 1 saturated carbocycles. The monoisotopic (exact) mass is 510 g/mol. The topological polar surface area (TPSA) is 136 Å². The highest BCUT2D eigenvalue weighted by molar-refractivity contribution is 6.02. The van der Waals surface area contributed by atoms with Gasteiger partial charge in [-0.25, -0.2) is 9.59 Å². The van der Waals surface area contributed by atoms with Gasteiger partial charge in [-0.2, -0.15) is 0 Å². The van der Waals surface area contributed by atoms with E-state index in [4.69, 9.17) is 14.2 Å². The number of Topliss-reactive ketones (excluding diaryl/α,β-unsaturated/α-hetero) is 1. The molecule has 4 bridgehead atoms. The lowest BCUT2D eigenvalue weighted by atomic mass is 9.47. The summed E-state index contributed by atoms with van der Waals surface area (Å²) in [7, 11) is 0. The van der Waals surface area contributed by atoms with Crippen LogP contribution in [0.3, 0.4) is 0 Å². The van der Waals surface area contributed by atoms with Crippen LogP contribution < -0.4 is 0 Å². The second-order valence-electron chi connectivity index (χ2n) is 12.6. The fourth-order valence-corrected chi connectivity index (χ4v) is 9.22. The van der Waals surface area contributed by atoms with Crippen molar-refractivity contribution >= 4 is 23.5 Å². The van der Waals surface area contributed by atoms with E-state index in [1.807, 2.05) is 6.08 Å². The number of esters is 2. The Morgan fingerprint density at radius 3 is 2.54 bits per heavy atom. The standard InChI is InChI=1S/C28H30O9/c1-13-21(31)35-18-12-23(13,2)19-20(30)27(34)16-9-8-14-6-5-7-17(29)24(14,3)15(16)10-11-26(33)22(32)36-25(18,4)28(19,26)37-27/h5,7-8,15-16,18-19,33-34H,1,6,9-12H2,2-4H3/t15-,16+,18+,19-,23+,24-,25-,26+,27-,28-/m0/s1. The van der Waals surface area contributed by atoms with Crippen molar-refractivity contribution in [2.45, 2.75) is 81.6 Å². The Bertz CT molecular complexity index is 1310. The Labute approximate surface area is 213 Å². The molecule has 10 atom stereocenters. The van der Waals surface area contributed by atoms with Gasteiger partial charge < -0.3 is 24.4 Å². The molecule has 7 rings (SSSR count). The summed E-state index contributed by atoms with van der Waals surface area (Å²) in [5.41, 5.74) is -7.44. The van der Waals surface area contributed by atoms with Gasteiger partial charge in [-0.1, -0.05) is 31.2 Å². The predicted octanol–water partition coefficient (Wildman–Crippen LogP) is 1.46. The minimum absolute atomic E-state index is 0.0271. The highest BCUT2D eigenvalue weighted by Gasteiger charge is 2.91. The van der Waals surface area contributed by atoms with Crippen molar-refractivity contribution in [2.75, 3.05) is 0 Å². The van der Waals surface area contributed by atoms with E-state index in [0.717, 1.165) is 5.57 Å². The minimum Gasteiger partial charge on any atom is -0.455 e. The van der Waals surface area contributed by atoms with Crippen LogP contribution >= 0.6 is 0 Å². The molecular weight excluding hydrogens is 480 g/mol. The molecule has 5 fully saturated rings. The summed E-state index contributed by atoms with van der Waals surface area (Å²) >= 11 is 0. The normalized spacial score (nSPS) is 55.4. The number of rotatable bonds is 0. The third-order valence-electron chi connectivity index (χ3n) is 11.3. The van der Waals surface area contributed by atoms with Crippen LogP contribution in [0.15, 0.2) is 36.0 Å². The summed E-state index contributed by atoms with van der Waals surface area (Å²) in [5.74, 6) is -7.72. The molecule has 9 nitrogen and oxygen atoms in total. The van der Waals surface area contributed by atoms with Gasteiger partial charge in [-0.15, -0.1) is 0 Å². The molecular formula is C28H30O9. The van der Waals surface area contributed by atoms with E-state index in [2.05, 4.69) is 6.58 Å². The molecule has 0 unspecified atom stereocenters. The number of allylic oxidation sites excluding steroid dienone is 4. The van der Waals surface area contributed by atoms with E-state index in [9.17, 15) is 29.4 Å². The van der Waals surface area contributed by atoms with E-state index in [-0.39, 0.29) is 37.0 Å². The lowest BCUT2D eigenvalue weighted by Crippen LogP contribution is -2.77. The molecule has 9 heteroatoms. The summed E-state index contributed by atoms with van der Waals surface area (Å²) in [4.78, 5) is 54.3. The number of ketones is 2. The van der Waals surface area contributed by atoms with E-state index in [1.165, 1.54) is 13.0 Å². The van der Waals surface area contributed by atoms with Gasteiger partial charge in [-0.05, 0) is 57.9 Å². The summed E-state index contributed by atoms with van der Waals surface area (Å²) in [6.07, 6.45) is 5.20. The molecule has 0 radical (unpaired) electrons. The van der Waals surface area contributed by atoms with Crippen LogP contribution in [-0.2, 0) is 33.4 Å².